The quantitative estimate of drug-likeness (QED) is 0.618. The SMILES string of the molecule is CC1CC=C(c2ccccc2)CC1C. The molecule has 14 heavy (non-hydrogen) atoms. The van der Waals surface area contributed by atoms with E-state index in [0.29, 0.717) is 0 Å². The van der Waals surface area contributed by atoms with Gasteiger partial charge < -0.3 is 0 Å². The second kappa shape index (κ2) is 4.00. The van der Waals surface area contributed by atoms with E-state index in [4.69, 9.17) is 0 Å². The van der Waals surface area contributed by atoms with Gasteiger partial charge in [-0.25, -0.2) is 0 Å². The van der Waals surface area contributed by atoms with Crippen LogP contribution in [0.3, 0.4) is 0 Å². The summed E-state index contributed by atoms with van der Waals surface area (Å²) in [5, 5.41) is 0. The molecule has 1 aliphatic carbocycles. The number of hydrogen-bond donors (Lipinski definition) is 0. The molecule has 0 amide bonds. The van der Waals surface area contributed by atoms with Gasteiger partial charge in [0.05, 0.1) is 0 Å². The van der Waals surface area contributed by atoms with Crippen LogP contribution in [0, 0.1) is 11.8 Å². The molecular formula is C14H18. The number of benzene rings is 1. The highest BCUT2D eigenvalue weighted by atomic mass is 14.2. The molecule has 2 atom stereocenters. The summed E-state index contributed by atoms with van der Waals surface area (Å²) in [5.41, 5.74) is 2.95. The van der Waals surface area contributed by atoms with Gasteiger partial charge >= 0.3 is 0 Å². The summed E-state index contributed by atoms with van der Waals surface area (Å²) < 4.78 is 0. The molecule has 0 heteroatoms. The Morgan fingerprint density at radius 3 is 2.36 bits per heavy atom. The Balaban J connectivity index is 2.21. The topological polar surface area (TPSA) is 0 Å². The lowest BCUT2D eigenvalue weighted by Gasteiger charge is -2.25. The third-order valence-electron chi connectivity index (χ3n) is 3.39. The smallest absolute Gasteiger partial charge is 0.0228 e. The van der Waals surface area contributed by atoms with E-state index in [0.717, 1.165) is 11.8 Å². The first-order chi connectivity index (χ1) is 6.77. The number of hydrogen-bond acceptors (Lipinski definition) is 0. The molecule has 0 aromatic heterocycles. The fourth-order valence-electron chi connectivity index (χ4n) is 2.08. The van der Waals surface area contributed by atoms with Crippen LogP contribution in [0.5, 0.6) is 0 Å². The molecule has 0 saturated carbocycles. The molecule has 0 nitrogen and oxygen atoms in total. The van der Waals surface area contributed by atoms with Crippen LogP contribution >= 0.6 is 0 Å². The van der Waals surface area contributed by atoms with Crippen LogP contribution in [0.25, 0.3) is 5.57 Å². The number of rotatable bonds is 1. The van der Waals surface area contributed by atoms with Crippen molar-refractivity contribution in [2.75, 3.05) is 0 Å². The van der Waals surface area contributed by atoms with Crippen molar-refractivity contribution in [3.63, 3.8) is 0 Å². The first kappa shape index (κ1) is 9.51. The molecule has 0 saturated heterocycles. The van der Waals surface area contributed by atoms with Crippen molar-refractivity contribution >= 4 is 5.57 Å². The normalized spacial score (nSPS) is 27.1. The average Bonchev–Trinajstić information content (AvgIpc) is 2.23. The van der Waals surface area contributed by atoms with Gasteiger partial charge in [0.2, 0.25) is 0 Å². The lowest BCUT2D eigenvalue weighted by atomic mass is 9.80. The van der Waals surface area contributed by atoms with Crippen LogP contribution in [-0.4, -0.2) is 0 Å². The van der Waals surface area contributed by atoms with Crippen LogP contribution < -0.4 is 0 Å². The van der Waals surface area contributed by atoms with E-state index in [1.807, 2.05) is 0 Å². The Bertz CT molecular complexity index is 321. The molecule has 2 rings (SSSR count). The van der Waals surface area contributed by atoms with Crippen LogP contribution in [0.1, 0.15) is 32.3 Å². The van der Waals surface area contributed by atoms with Crippen molar-refractivity contribution in [3.05, 3.63) is 42.0 Å². The van der Waals surface area contributed by atoms with E-state index < -0.39 is 0 Å². The van der Waals surface area contributed by atoms with E-state index >= 15 is 0 Å². The van der Waals surface area contributed by atoms with Gasteiger partial charge in [-0.1, -0.05) is 50.3 Å². The van der Waals surface area contributed by atoms with Gasteiger partial charge in [0, 0.05) is 0 Å². The zero-order valence-electron chi connectivity index (χ0n) is 9.03. The molecule has 1 aromatic carbocycles. The molecule has 0 heterocycles. The van der Waals surface area contributed by atoms with Crippen molar-refractivity contribution < 1.29 is 0 Å². The summed E-state index contributed by atoms with van der Waals surface area (Å²) in [7, 11) is 0. The van der Waals surface area contributed by atoms with Gasteiger partial charge in [0.25, 0.3) is 0 Å². The number of allylic oxidation sites excluding steroid dienone is 2. The Labute approximate surface area is 86.7 Å². The van der Waals surface area contributed by atoms with Crippen molar-refractivity contribution in [3.8, 4) is 0 Å². The minimum Gasteiger partial charge on any atom is -0.0804 e. The fraction of sp³-hybridized carbons (Fsp3) is 0.429. The van der Waals surface area contributed by atoms with Gasteiger partial charge in [0.15, 0.2) is 0 Å². The summed E-state index contributed by atoms with van der Waals surface area (Å²) in [5.74, 6) is 1.68. The molecule has 0 radical (unpaired) electrons. The maximum absolute atomic E-state index is 2.42. The highest BCUT2D eigenvalue weighted by molar-refractivity contribution is 5.66. The molecule has 0 N–H and O–H groups in total. The van der Waals surface area contributed by atoms with Crippen LogP contribution in [0.4, 0.5) is 0 Å². The van der Waals surface area contributed by atoms with Crippen LogP contribution in [0.15, 0.2) is 36.4 Å². The van der Waals surface area contributed by atoms with Gasteiger partial charge in [-0.3, -0.25) is 0 Å². The summed E-state index contributed by atoms with van der Waals surface area (Å²) in [6, 6.07) is 10.8. The molecule has 2 unspecified atom stereocenters. The summed E-state index contributed by atoms with van der Waals surface area (Å²) in [6.07, 6.45) is 4.90. The second-order valence-electron chi connectivity index (χ2n) is 4.49. The average molecular weight is 186 g/mol. The van der Waals surface area contributed by atoms with Gasteiger partial charge in [0.1, 0.15) is 0 Å². The summed E-state index contributed by atoms with van der Waals surface area (Å²) >= 11 is 0. The Hall–Kier alpha value is -1.04. The lowest BCUT2D eigenvalue weighted by Crippen LogP contribution is -2.12. The second-order valence-corrected chi connectivity index (χ2v) is 4.49. The zero-order chi connectivity index (χ0) is 9.97. The largest absolute Gasteiger partial charge is 0.0804 e. The monoisotopic (exact) mass is 186 g/mol. The standard InChI is InChI=1S/C14H18/c1-11-8-9-14(10-12(11)2)13-6-4-3-5-7-13/h3-7,9,11-12H,8,10H2,1-2H3. The van der Waals surface area contributed by atoms with E-state index in [9.17, 15) is 0 Å². The Kier molecular flexibility index (Phi) is 2.72. The first-order valence-electron chi connectivity index (χ1n) is 5.52. The van der Waals surface area contributed by atoms with Gasteiger partial charge in [-0.15, -0.1) is 0 Å². The highest BCUT2D eigenvalue weighted by Gasteiger charge is 2.18. The summed E-state index contributed by atoms with van der Waals surface area (Å²) in [6.45, 7) is 4.71. The molecular weight excluding hydrogens is 168 g/mol. The third-order valence-corrected chi connectivity index (χ3v) is 3.39. The van der Waals surface area contributed by atoms with E-state index in [1.165, 1.54) is 24.0 Å². The molecule has 74 valence electrons. The first-order valence-corrected chi connectivity index (χ1v) is 5.52. The Morgan fingerprint density at radius 1 is 1.00 bits per heavy atom. The predicted molar refractivity (Wildman–Crippen MR) is 62.0 cm³/mol. The van der Waals surface area contributed by atoms with Crippen molar-refractivity contribution in [2.45, 2.75) is 26.7 Å². The van der Waals surface area contributed by atoms with Crippen molar-refractivity contribution in [1.29, 1.82) is 0 Å². The molecule has 0 spiro atoms. The van der Waals surface area contributed by atoms with Crippen LogP contribution in [0.2, 0.25) is 0 Å². The third kappa shape index (κ3) is 1.89. The van der Waals surface area contributed by atoms with Crippen molar-refractivity contribution in [1.82, 2.24) is 0 Å². The highest BCUT2D eigenvalue weighted by Crippen LogP contribution is 2.33. The Morgan fingerprint density at radius 2 is 1.71 bits per heavy atom. The van der Waals surface area contributed by atoms with Gasteiger partial charge in [-0.2, -0.15) is 0 Å². The molecule has 0 aliphatic heterocycles. The van der Waals surface area contributed by atoms with E-state index in [2.05, 4.69) is 50.3 Å². The van der Waals surface area contributed by atoms with Gasteiger partial charge in [-0.05, 0) is 35.8 Å². The maximum Gasteiger partial charge on any atom is -0.0228 e. The molecule has 0 bridgehead atoms. The van der Waals surface area contributed by atoms with Crippen LogP contribution in [-0.2, 0) is 0 Å². The molecule has 1 aromatic rings. The fourth-order valence-corrected chi connectivity index (χ4v) is 2.08. The maximum atomic E-state index is 2.42. The summed E-state index contributed by atoms with van der Waals surface area (Å²) in [4.78, 5) is 0. The zero-order valence-corrected chi connectivity index (χ0v) is 9.03. The van der Waals surface area contributed by atoms with Crippen molar-refractivity contribution in [2.24, 2.45) is 11.8 Å². The lowest BCUT2D eigenvalue weighted by molar-refractivity contribution is 0.386. The predicted octanol–water partition coefficient (Wildman–Crippen LogP) is 4.14. The van der Waals surface area contributed by atoms with E-state index in [1.54, 1.807) is 0 Å². The minimum absolute atomic E-state index is 0.829. The minimum atomic E-state index is 0.829. The molecule has 1 aliphatic rings. The van der Waals surface area contributed by atoms with E-state index in [-0.39, 0.29) is 0 Å². The molecule has 0 fully saturated rings.